The molecule has 2 atom stereocenters. The predicted molar refractivity (Wildman–Crippen MR) is 53.1 cm³/mol. The van der Waals surface area contributed by atoms with Crippen LogP contribution in [0.15, 0.2) is 0 Å². The van der Waals surface area contributed by atoms with Crippen LogP contribution in [0.1, 0.15) is 20.3 Å². The summed E-state index contributed by atoms with van der Waals surface area (Å²) in [4.78, 5) is 24.4. The summed E-state index contributed by atoms with van der Waals surface area (Å²) in [6.45, 7) is 3.58. The fourth-order valence-corrected chi connectivity index (χ4v) is 2.62. The van der Waals surface area contributed by atoms with Crippen molar-refractivity contribution in [3.8, 4) is 0 Å². The summed E-state index contributed by atoms with van der Waals surface area (Å²) in [5.74, 6) is -1.07. The van der Waals surface area contributed by atoms with Crippen molar-refractivity contribution in [2.75, 3.05) is 0 Å². The van der Waals surface area contributed by atoms with Crippen molar-refractivity contribution in [1.29, 1.82) is 0 Å². The Morgan fingerprint density at radius 3 is 2.57 bits per heavy atom. The predicted octanol–water partition coefficient (Wildman–Crippen LogP) is 0.450. The molecule has 0 aromatic rings. The standard InChI is InChI=1S/C9H11NO3S/c1-9(2)6(8(12)13)10-4(7(9)14)3-5(10)11/h4,6H,3H2,1-2H3,(H,12,13)/t4-,6-/m1/s1. The molecule has 2 aliphatic heterocycles. The van der Waals surface area contributed by atoms with E-state index in [1.54, 1.807) is 13.8 Å². The molecule has 1 amide bonds. The van der Waals surface area contributed by atoms with Crippen LogP contribution in [0.4, 0.5) is 0 Å². The van der Waals surface area contributed by atoms with E-state index in [0.29, 0.717) is 11.3 Å². The highest BCUT2D eigenvalue weighted by Gasteiger charge is 2.61. The van der Waals surface area contributed by atoms with Crippen molar-refractivity contribution >= 4 is 29.0 Å². The molecule has 2 rings (SSSR count). The molecule has 5 heteroatoms. The molecule has 0 aromatic carbocycles. The smallest absolute Gasteiger partial charge is 0.327 e. The first-order chi connectivity index (χ1) is 6.37. The fourth-order valence-electron chi connectivity index (χ4n) is 2.31. The molecular weight excluding hydrogens is 202 g/mol. The highest BCUT2D eigenvalue weighted by molar-refractivity contribution is 7.80. The molecule has 0 aliphatic carbocycles. The van der Waals surface area contributed by atoms with Crippen LogP contribution in [0.2, 0.25) is 0 Å². The number of thiocarbonyl (C=S) groups is 1. The largest absolute Gasteiger partial charge is 0.480 e. The average Bonchev–Trinajstić information content (AvgIpc) is 2.21. The third-order valence-electron chi connectivity index (χ3n) is 3.13. The second kappa shape index (κ2) is 2.53. The zero-order chi connectivity index (χ0) is 10.7. The van der Waals surface area contributed by atoms with E-state index in [4.69, 9.17) is 17.3 Å². The van der Waals surface area contributed by atoms with Crippen LogP contribution >= 0.6 is 12.2 Å². The Morgan fingerprint density at radius 2 is 2.21 bits per heavy atom. The highest BCUT2D eigenvalue weighted by atomic mass is 32.1. The van der Waals surface area contributed by atoms with Gasteiger partial charge in [-0.05, 0) is 0 Å². The van der Waals surface area contributed by atoms with E-state index < -0.39 is 17.4 Å². The average molecular weight is 213 g/mol. The van der Waals surface area contributed by atoms with Gasteiger partial charge in [0.1, 0.15) is 6.04 Å². The molecule has 2 saturated heterocycles. The van der Waals surface area contributed by atoms with Crippen molar-refractivity contribution < 1.29 is 14.7 Å². The topological polar surface area (TPSA) is 57.6 Å². The Labute approximate surface area is 86.9 Å². The number of rotatable bonds is 1. The molecule has 2 fully saturated rings. The van der Waals surface area contributed by atoms with E-state index in [2.05, 4.69) is 0 Å². The first-order valence-electron chi connectivity index (χ1n) is 4.45. The maximum atomic E-state index is 11.3. The number of fused-ring (bicyclic) bond motifs is 1. The molecule has 0 radical (unpaired) electrons. The van der Waals surface area contributed by atoms with Crippen molar-refractivity contribution in [3.05, 3.63) is 0 Å². The van der Waals surface area contributed by atoms with Crippen molar-refractivity contribution in [3.63, 3.8) is 0 Å². The maximum absolute atomic E-state index is 11.3. The first-order valence-corrected chi connectivity index (χ1v) is 4.86. The summed E-state index contributed by atoms with van der Waals surface area (Å²) < 4.78 is 0. The molecule has 4 nitrogen and oxygen atoms in total. The minimum Gasteiger partial charge on any atom is -0.480 e. The number of carbonyl (C=O) groups excluding carboxylic acids is 1. The zero-order valence-electron chi connectivity index (χ0n) is 7.98. The highest BCUT2D eigenvalue weighted by Crippen LogP contribution is 2.44. The molecule has 0 saturated carbocycles. The quantitative estimate of drug-likeness (QED) is 0.507. The van der Waals surface area contributed by atoms with E-state index in [9.17, 15) is 9.59 Å². The van der Waals surface area contributed by atoms with Crippen LogP contribution in [0, 0.1) is 5.41 Å². The summed E-state index contributed by atoms with van der Waals surface area (Å²) in [6.07, 6.45) is 0.381. The second-order valence-corrected chi connectivity index (χ2v) is 4.79. The van der Waals surface area contributed by atoms with Gasteiger partial charge < -0.3 is 10.0 Å². The van der Waals surface area contributed by atoms with E-state index in [1.807, 2.05) is 0 Å². The molecular formula is C9H11NO3S. The molecule has 0 bridgehead atoms. The van der Waals surface area contributed by atoms with Gasteiger partial charge in [-0.2, -0.15) is 0 Å². The Balaban J connectivity index is 2.43. The van der Waals surface area contributed by atoms with Gasteiger partial charge in [0.15, 0.2) is 0 Å². The van der Waals surface area contributed by atoms with Gasteiger partial charge in [0, 0.05) is 10.3 Å². The molecule has 1 N–H and O–H groups in total. The van der Waals surface area contributed by atoms with Crippen LogP contribution in [0.5, 0.6) is 0 Å². The number of aliphatic carboxylic acids is 1. The molecule has 0 unspecified atom stereocenters. The van der Waals surface area contributed by atoms with Crippen molar-refractivity contribution in [1.82, 2.24) is 4.90 Å². The lowest BCUT2D eigenvalue weighted by atomic mass is 9.83. The van der Waals surface area contributed by atoms with E-state index in [-0.39, 0.29) is 11.9 Å². The maximum Gasteiger partial charge on any atom is 0.327 e. The fraction of sp³-hybridized carbons (Fsp3) is 0.667. The number of carboxylic acids is 1. The summed E-state index contributed by atoms with van der Waals surface area (Å²) >= 11 is 5.20. The Hall–Kier alpha value is -0.970. The monoisotopic (exact) mass is 213 g/mol. The Kier molecular flexibility index (Phi) is 1.73. The number of carbonyl (C=O) groups is 2. The number of hydrogen-bond acceptors (Lipinski definition) is 3. The lowest BCUT2D eigenvalue weighted by Gasteiger charge is -2.37. The third-order valence-corrected chi connectivity index (χ3v) is 3.92. The van der Waals surface area contributed by atoms with E-state index in [1.165, 1.54) is 4.90 Å². The van der Waals surface area contributed by atoms with Gasteiger partial charge in [-0.3, -0.25) is 4.79 Å². The SMILES string of the molecule is CC1(C)C(=S)[C@H]2CC(=O)N2[C@@H]1C(=O)O. The zero-order valence-corrected chi connectivity index (χ0v) is 8.80. The number of nitrogens with zero attached hydrogens (tertiary/aromatic N) is 1. The molecule has 0 aromatic heterocycles. The van der Waals surface area contributed by atoms with Crippen molar-refractivity contribution in [2.24, 2.45) is 5.41 Å². The van der Waals surface area contributed by atoms with Crippen LogP contribution < -0.4 is 0 Å². The number of amides is 1. The number of carboxylic acid groups (broad SMARTS) is 1. The summed E-state index contributed by atoms with van der Waals surface area (Å²) in [5, 5.41) is 9.05. The minimum absolute atomic E-state index is 0.102. The van der Waals surface area contributed by atoms with Crippen LogP contribution in [0.3, 0.4) is 0 Å². The van der Waals surface area contributed by atoms with Gasteiger partial charge in [-0.25, -0.2) is 4.79 Å². The van der Waals surface area contributed by atoms with Crippen LogP contribution in [-0.2, 0) is 9.59 Å². The summed E-state index contributed by atoms with van der Waals surface area (Å²) in [5.41, 5.74) is -0.585. The second-order valence-electron chi connectivity index (χ2n) is 4.35. The van der Waals surface area contributed by atoms with Crippen molar-refractivity contribution in [2.45, 2.75) is 32.4 Å². The van der Waals surface area contributed by atoms with Gasteiger partial charge in [0.25, 0.3) is 0 Å². The lowest BCUT2D eigenvalue weighted by Crippen LogP contribution is -2.56. The molecule has 0 spiro atoms. The van der Waals surface area contributed by atoms with Gasteiger partial charge in [0.05, 0.1) is 12.5 Å². The van der Waals surface area contributed by atoms with Crippen LogP contribution in [0.25, 0.3) is 0 Å². The Bertz CT molecular complexity index is 350. The van der Waals surface area contributed by atoms with Gasteiger partial charge >= 0.3 is 5.97 Å². The minimum atomic E-state index is -0.965. The summed E-state index contributed by atoms with van der Waals surface area (Å²) in [7, 11) is 0. The Morgan fingerprint density at radius 1 is 1.64 bits per heavy atom. The van der Waals surface area contributed by atoms with Gasteiger partial charge in [0.2, 0.25) is 5.91 Å². The molecule has 2 aliphatic rings. The number of β-lactam (4-membered cyclic amide) rings is 1. The van der Waals surface area contributed by atoms with Gasteiger partial charge in [-0.15, -0.1) is 0 Å². The molecule has 76 valence electrons. The summed E-state index contributed by atoms with van der Waals surface area (Å²) in [6, 6.07) is -0.894. The van der Waals surface area contributed by atoms with Gasteiger partial charge in [-0.1, -0.05) is 26.1 Å². The molecule has 2 heterocycles. The third kappa shape index (κ3) is 0.904. The van der Waals surface area contributed by atoms with E-state index in [0.717, 1.165) is 0 Å². The number of hydrogen-bond donors (Lipinski definition) is 1. The molecule has 14 heavy (non-hydrogen) atoms. The normalized spacial score (nSPS) is 34.0. The van der Waals surface area contributed by atoms with E-state index >= 15 is 0 Å². The van der Waals surface area contributed by atoms with Crippen LogP contribution in [-0.4, -0.2) is 38.8 Å². The lowest BCUT2D eigenvalue weighted by molar-refractivity contribution is -0.158. The first kappa shape index (κ1) is 9.58.